The molecule has 0 radical (unpaired) electrons. The molecule has 1 saturated heterocycles. The van der Waals surface area contributed by atoms with Crippen molar-refractivity contribution in [1.29, 1.82) is 0 Å². The molecule has 1 fully saturated rings. The number of nitrogens with zero attached hydrogens (tertiary/aromatic N) is 4. The van der Waals surface area contributed by atoms with Crippen LogP contribution in [0.4, 0.5) is 11.9 Å². The smallest absolute Gasteiger partial charge is 0.316 e. The molecule has 8 heteroatoms. The second kappa shape index (κ2) is 7.28. The molecule has 110 valence electrons. The van der Waals surface area contributed by atoms with E-state index in [-0.39, 0.29) is 11.7 Å². The summed E-state index contributed by atoms with van der Waals surface area (Å²) in [6.07, 6.45) is 2.32. The zero-order chi connectivity index (χ0) is 14.4. The summed E-state index contributed by atoms with van der Waals surface area (Å²) in [6, 6.07) is 0. The zero-order valence-electron chi connectivity index (χ0n) is 11.8. The van der Waals surface area contributed by atoms with Crippen molar-refractivity contribution >= 4 is 29.6 Å². The van der Waals surface area contributed by atoms with Crippen LogP contribution in [0.25, 0.3) is 0 Å². The molecule has 0 aliphatic carbocycles. The Morgan fingerprint density at radius 2 is 2.10 bits per heavy atom. The molecular formula is C12H19N5O2S. The monoisotopic (exact) mass is 297 g/mol. The standard InChI is InChI=1S/C12H19N5O2S/c1-3-19-9(18)8-20-12-15-10(13-2)14-11(16-12)17-6-4-5-7-17/h3-8H2,1-2H3,(H,13,14,15,16). The first-order chi connectivity index (χ1) is 9.72. The number of rotatable bonds is 6. The summed E-state index contributed by atoms with van der Waals surface area (Å²) in [5, 5.41) is 3.47. The molecule has 1 N–H and O–H groups in total. The lowest BCUT2D eigenvalue weighted by molar-refractivity contribution is -0.139. The second-order valence-corrected chi connectivity index (χ2v) is 5.22. The Kier molecular flexibility index (Phi) is 5.40. The van der Waals surface area contributed by atoms with Gasteiger partial charge in [0.05, 0.1) is 12.4 Å². The van der Waals surface area contributed by atoms with E-state index in [4.69, 9.17) is 4.74 Å². The van der Waals surface area contributed by atoms with Crippen LogP contribution in [0.5, 0.6) is 0 Å². The highest BCUT2D eigenvalue weighted by molar-refractivity contribution is 7.99. The maximum absolute atomic E-state index is 11.4. The molecule has 0 atom stereocenters. The first kappa shape index (κ1) is 14.8. The number of esters is 1. The van der Waals surface area contributed by atoms with Gasteiger partial charge in [0.15, 0.2) is 5.16 Å². The fourth-order valence-electron chi connectivity index (χ4n) is 1.91. The summed E-state index contributed by atoms with van der Waals surface area (Å²) in [4.78, 5) is 26.5. The first-order valence-electron chi connectivity index (χ1n) is 6.70. The number of nitrogens with one attached hydrogen (secondary N) is 1. The Balaban J connectivity index is 2.07. The summed E-state index contributed by atoms with van der Waals surface area (Å²) in [5.41, 5.74) is 0. The molecule has 2 heterocycles. The van der Waals surface area contributed by atoms with Crippen LogP contribution in [0.1, 0.15) is 19.8 Å². The van der Waals surface area contributed by atoms with Gasteiger partial charge in [-0.2, -0.15) is 15.0 Å². The molecule has 0 spiro atoms. The average Bonchev–Trinajstić information content (AvgIpc) is 2.99. The van der Waals surface area contributed by atoms with Crippen molar-refractivity contribution in [1.82, 2.24) is 15.0 Å². The molecule has 2 rings (SSSR count). The minimum atomic E-state index is -0.258. The Bertz CT molecular complexity index is 465. The maximum Gasteiger partial charge on any atom is 0.316 e. The van der Waals surface area contributed by atoms with Gasteiger partial charge in [-0.15, -0.1) is 0 Å². The van der Waals surface area contributed by atoms with Gasteiger partial charge in [0, 0.05) is 20.1 Å². The normalized spacial score (nSPS) is 14.4. The number of ether oxygens (including phenoxy) is 1. The lowest BCUT2D eigenvalue weighted by Crippen LogP contribution is -2.21. The molecule has 0 bridgehead atoms. The molecule has 0 aromatic carbocycles. The molecule has 1 aliphatic rings. The van der Waals surface area contributed by atoms with Crippen molar-refractivity contribution in [3.05, 3.63) is 0 Å². The summed E-state index contributed by atoms with van der Waals surface area (Å²) in [6.45, 7) is 4.11. The fourth-order valence-corrected chi connectivity index (χ4v) is 2.53. The van der Waals surface area contributed by atoms with E-state index in [1.54, 1.807) is 14.0 Å². The number of hydrogen-bond donors (Lipinski definition) is 1. The number of hydrogen-bond acceptors (Lipinski definition) is 8. The topological polar surface area (TPSA) is 80.2 Å². The lowest BCUT2D eigenvalue weighted by Gasteiger charge is -2.16. The second-order valence-electron chi connectivity index (χ2n) is 4.28. The molecule has 1 aromatic rings. The van der Waals surface area contributed by atoms with Crippen LogP contribution in [-0.2, 0) is 9.53 Å². The van der Waals surface area contributed by atoms with Gasteiger partial charge in [0.2, 0.25) is 11.9 Å². The molecular weight excluding hydrogens is 278 g/mol. The van der Waals surface area contributed by atoms with Gasteiger partial charge in [-0.05, 0) is 19.8 Å². The van der Waals surface area contributed by atoms with E-state index in [1.807, 2.05) is 0 Å². The Morgan fingerprint density at radius 3 is 2.75 bits per heavy atom. The molecule has 0 saturated carbocycles. The summed E-state index contributed by atoms with van der Waals surface area (Å²) >= 11 is 1.27. The summed E-state index contributed by atoms with van der Waals surface area (Å²) in [7, 11) is 1.77. The highest BCUT2D eigenvalue weighted by Crippen LogP contribution is 2.21. The summed E-state index contributed by atoms with van der Waals surface area (Å²) in [5.74, 6) is 1.15. The van der Waals surface area contributed by atoms with Gasteiger partial charge in [-0.1, -0.05) is 11.8 Å². The molecule has 0 unspecified atom stereocenters. The van der Waals surface area contributed by atoms with Crippen LogP contribution in [0.15, 0.2) is 5.16 Å². The van der Waals surface area contributed by atoms with E-state index in [0.717, 1.165) is 25.9 Å². The minimum Gasteiger partial charge on any atom is -0.465 e. The van der Waals surface area contributed by atoms with Crippen LogP contribution in [0.3, 0.4) is 0 Å². The van der Waals surface area contributed by atoms with E-state index in [2.05, 4.69) is 25.2 Å². The number of anilines is 2. The van der Waals surface area contributed by atoms with Crippen molar-refractivity contribution in [2.24, 2.45) is 0 Å². The van der Waals surface area contributed by atoms with Gasteiger partial charge < -0.3 is 15.0 Å². The third kappa shape index (κ3) is 3.96. The predicted octanol–water partition coefficient (Wildman–Crippen LogP) is 1.17. The van der Waals surface area contributed by atoms with Gasteiger partial charge in [0.25, 0.3) is 0 Å². The molecule has 1 aliphatic heterocycles. The summed E-state index contributed by atoms with van der Waals surface area (Å²) < 4.78 is 4.89. The van der Waals surface area contributed by atoms with Gasteiger partial charge in [0.1, 0.15) is 0 Å². The lowest BCUT2D eigenvalue weighted by atomic mass is 10.4. The van der Waals surface area contributed by atoms with E-state index in [0.29, 0.717) is 23.7 Å². The van der Waals surface area contributed by atoms with Gasteiger partial charge in [-0.25, -0.2) is 0 Å². The van der Waals surface area contributed by atoms with E-state index < -0.39 is 0 Å². The molecule has 7 nitrogen and oxygen atoms in total. The van der Waals surface area contributed by atoms with Crippen molar-refractivity contribution in [3.8, 4) is 0 Å². The number of aromatic nitrogens is 3. The Hall–Kier alpha value is -1.57. The van der Waals surface area contributed by atoms with Crippen molar-refractivity contribution < 1.29 is 9.53 Å². The van der Waals surface area contributed by atoms with Crippen LogP contribution >= 0.6 is 11.8 Å². The predicted molar refractivity (Wildman–Crippen MR) is 78.2 cm³/mol. The minimum absolute atomic E-state index is 0.209. The maximum atomic E-state index is 11.4. The van der Waals surface area contributed by atoms with E-state index >= 15 is 0 Å². The third-order valence-corrected chi connectivity index (χ3v) is 3.66. The van der Waals surface area contributed by atoms with Crippen LogP contribution < -0.4 is 10.2 Å². The zero-order valence-corrected chi connectivity index (χ0v) is 12.6. The molecule has 1 aromatic heterocycles. The van der Waals surface area contributed by atoms with Crippen molar-refractivity contribution in [3.63, 3.8) is 0 Å². The Morgan fingerprint density at radius 1 is 1.35 bits per heavy atom. The highest BCUT2D eigenvalue weighted by Gasteiger charge is 2.17. The number of carbonyl (C=O) groups is 1. The van der Waals surface area contributed by atoms with Crippen molar-refractivity contribution in [2.45, 2.75) is 24.9 Å². The van der Waals surface area contributed by atoms with E-state index in [9.17, 15) is 4.79 Å². The quantitative estimate of drug-likeness (QED) is 0.619. The molecule has 0 amide bonds. The average molecular weight is 297 g/mol. The van der Waals surface area contributed by atoms with Crippen LogP contribution in [-0.4, -0.2) is 53.4 Å². The van der Waals surface area contributed by atoms with Gasteiger partial charge >= 0.3 is 5.97 Å². The SMILES string of the molecule is CCOC(=O)CSc1nc(NC)nc(N2CCCC2)n1. The number of thioether (sulfide) groups is 1. The third-order valence-electron chi connectivity index (χ3n) is 2.84. The van der Waals surface area contributed by atoms with Crippen molar-refractivity contribution in [2.75, 3.05) is 42.7 Å². The van der Waals surface area contributed by atoms with Crippen LogP contribution in [0, 0.1) is 0 Å². The fraction of sp³-hybridized carbons (Fsp3) is 0.667. The van der Waals surface area contributed by atoms with E-state index in [1.165, 1.54) is 11.8 Å². The Labute approximate surface area is 122 Å². The van der Waals surface area contributed by atoms with Crippen LogP contribution in [0.2, 0.25) is 0 Å². The largest absolute Gasteiger partial charge is 0.465 e. The van der Waals surface area contributed by atoms with Gasteiger partial charge in [-0.3, -0.25) is 4.79 Å². The first-order valence-corrected chi connectivity index (χ1v) is 7.68. The highest BCUT2D eigenvalue weighted by atomic mass is 32.2. The number of carbonyl (C=O) groups excluding carboxylic acids is 1. The molecule has 20 heavy (non-hydrogen) atoms.